The van der Waals surface area contributed by atoms with Crippen molar-refractivity contribution in [3.8, 4) is 5.75 Å². The van der Waals surface area contributed by atoms with E-state index in [-0.39, 0.29) is 11.9 Å². The number of nitrogens with zero attached hydrogens (tertiary/aromatic N) is 1. The van der Waals surface area contributed by atoms with Crippen LogP contribution in [0.4, 0.5) is 5.69 Å². The summed E-state index contributed by atoms with van der Waals surface area (Å²) in [4.78, 5) is 14.7. The van der Waals surface area contributed by atoms with Crippen LogP contribution in [0.2, 0.25) is 0 Å². The van der Waals surface area contributed by atoms with Crippen molar-refractivity contribution in [2.75, 3.05) is 32.0 Å². The van der Waals surface area contributed by atoms with Gasteiger partial charge in [0.15, 0.2) is 0 Å². The lowest BCUT2D eigenvalue weighted by atomic mass is 10.1. The van der Waals surface area contributed by atoms with E-state index in [9.17, 15) is 4.79 Å². The second-order valence-electron chi connectivity index (χ2n) is 6.96. The molecule has 0 radical (unpaired) electrons. The van der Waals surface area contributed by atoms with Crippen LogP contribution in [0.25, 0.3) is 0 Å². The normalized spacial score (nSPS) is 15.4. The summed E-state index contributed by atoms with van der Waals surface area (Å²) in [5.74, 6) is 0.746. The highest BCUT2D eigenvalue weighted by molar-refractivity contribution is 5.75. The van der Waals surface area contributed by atoms with Gasteiger partial charge in [0.05, 0.1) is 18.3 Å². The van der Waals surface area contributed by atoms with E-state index in [4.69, 9.17) is 10.5 Å². The molecule has 2 aromatic carbocycles. The fourth-order valence-electron chi connectivity index (χ4n) is 3.51. The number of nitrogen functional groups attached to an aromatic ring is 1. The molecule has 1 unspecified atom stereocenters. The molecule has 5 nitrogen and oxygen atoms in total. The fraction of sp³-hybridized carbons (Fsp3) is 0.409. The van der Waals surface area contributed by atoms with Crippen LogP contribution in [0.3, 0.4) is 0 Å². The first-order chi connectivity index (χ1) is 13.2. The Balaban J connectivity index is 1.43. The topological polar surface area (TPSA) is 67.6 Å². The molecule has 1 aliphatic rings. The zero-order chi connectivity index (χ0) is 18.9. The molecule has 3 rings (SSSR count). The number of benzene rings is 2. The van der Waals surface area contributed by atoms with Crippen molar-refractivity contribution < 1.29 is 9.53 Å². The van der Waals surface area contributed by atoms with Crippen LogP contribution in [0.1, 0.15) is 37.3 Å². The van der Waals surface area contributed by atoms with Gasteiger partial charge in [-0.25, -0.2) is 0 Å². The molecular formula is C22H29N3O2. The molecule has 1 heterocycles. The summed E-state index contributed by atoms with van der Waals surface area (Å²) < 4.78 is 5.65. The number of carbonyl (C=O) groups is 1. The molecule has 1 amide bonds. The van der Waals surface area contributed by atoms with Gasteiger partial charge in [0, 0.05) is 13.0 Å². The van der Waals surface area contributed by atoms with Crippen LogP contribution in [0.5, 0.6) is 5.75 Å². The number of nitrogens with two attached hydrogens (primary N) is 1. The molecule has 1 saturated heterocycles. The van der Waals surface area contributed by atoms with Gasteiger partial charge >= 0.3 is 0 Å². The lowest BCUT2D eigenvalue weighted by molar-refractivity contribution is -0.121. The highest BCUT2D eigenvalue weighted by atomic mass is 16.5. The SMILES string of the molecule is Nc1ccccc1OCCCC(=O)NCC(c1ccccc1)N1CCCC1. The number of nitrogens with one attached hydrogen (secondary N) is 1. The number of hydrogen-bond acceptors (Lipinski definition) is 4. The monoisotopic (exact) mass is 367 g/mol. The predicted octanol–water partition coefficient (Wildman–Crippen LogP) is 3.38. The quantitative estimate of drug-likeness (QED) is 0.527. The van der Waals surface area contributed by atoms with Crippen LogP contribution in [-0.2, 0) is 4.79 Å². The number of likely N-dealkylation sites (tertiary alicyclic amines) is 1. The van der Waals surface area contributed by atoms with E-state index in [0.717, 1.165) is 13.1 Å². The summed E-state index contributed by atoms with van der Waals surface area (Å²) in [6, 6.07) is 18.1. The van der Waals surface area contributed by atoms with Crippen molar-refractivity contribution in [3.63, 3.8) is 0 Å². The van der Waals surface area contributed by atoms with Crippen molar-refractivity contribution in [2.45, 2.75) is 31.7 Å². The molecule has 144 valence electrons. The minimum absolute atomic E-state index is 0.0692. The Labute approximate surface area is 161 Å². The molecule has 0 spiro atoms. The van der Waals surface area contributed by atoms with Crippen LogP contribution in [0.15, 0.2) is 54.6 Å². The Morgan fingerprint density at radius 3 is 2.52 bits per heavy atom. The largest absolute Gasteiger partial charge is 0.491 e. The Hall–Kier alpha value is -2.53. The molecule has 0 aliphatic carbocycles. The molecule has 1 fully saturated rings. The average Bonchev–Trinajstić information content (AvgIpc) is 3.22. The van der Waals surface area contributed by atoms with Crippen molar-refractivity contribution in [2.24, 2.45) is 0 Å². The Morgan fingerprint density at radius 2 is 1.78 bits per heavy atom. The number of para-hydroxylation sites is 2. The van der Waals surface area contributed by atoms with Crippen LogP contribution >= 0.6 is 0 Å². The van der Waals surface area contributed by atoms with E-state index in [1.807, 2.05) is 30.3 Å². The average molecular weight is 367 g/mol. The summed E-state index contributed by atoms with van der Waals surface area (Å²) in [5, 5.41) is 3.11. The molecule has 27 heavy (non-hydrogen) atoms. The summed E-state index contributed by atoms with van der Waals surface area (Å²) in [7, 11) is 0. The highest BCUT2D eigenvalue weighted by Crippen LogP contribution is 2.24. The number of ether oxygens (including phenoxy) is 1. The standard InChI is InChI=1S/C22H29N3O2/c23-19-11-4-5-12-21(19)27-16-8-13-22(26)24-17-20(25-14-6-7-15-25)18-9-2-1-3-10-18/h1-5,9-12,20H,6-8,13-17,23H2,(H,24,26). The number of hydrogen-bond donors (Lipinski definition) is 2. The van der Waals surface area contributed by atoms with Crippen molar-refractivity contribution in [1.29, 1.82) is 0 Å². The maximum atomic E-state index is 12.3. The van der Waals surface area contributed by atoms with Crippen LogP contribution < -0.4 is 15.8 Å². The molecule has 3 N–H and O–H groups in total. The van der Waals surface area contributed by atoms with Gasteiger partial charge < -0.3 is 15.8 Å². The predicted molar refractivity (Wildman–Crippen MR) is 109 cm³/mol. The van der Waals surface area contributed by atoms with E-state index in [1.165, 1.54) is 18.4 Å². The van der Waals surface area contributed by atoms with Gasteiger partial charge in [-0.15, -0.1) is 0 Å². The third-order valence-corrected chi connectivity index (χ3v) is 4.98. The minimum Gasteiger partial charge on any atom is -0.491 e. The van der Waals surface area contributed by atoms with Gasteiger partial charge in [0.2, 0.25) is 5.91 Å². The molecule has 1 atom stereocenters. The zero-order valence-electron chi connectivity index (χ0n) is 15.8. The van der Waals surface area contributed by atoms with Gasteiger partial charge in [-0.3, -0.25) is 9.69 Å². The second-order valence-corrected chi connectivity index (χ2v) is 6.96. The lowest BCUT2D eigenvalue weighted by Crippen LogP contribution is -2.36. The van der Waals surface area contributed by atoms with Crippen molar-refractivity contribution in [3.05, 3.63) is 60.2 Å². The van der Waals surface area contributed by atoms with Gasteiger partial charge in [-0.05, 0) is 50.0 Å². The first-order valence-corrected chi connectivity index (χ1v) is 9.77. The Morgan fingerprint density at radius 1 is 1.07 bits per heavy atom. The molecule has 1 aliphatic heterocycles. The minimum atomic E-state index is 0.0692. The second kappa shape index (κ2) is 9.97. The molecule has 0 saturated carbocycles. The van der Waals surface area contributed by atoms with E-state index in [2.05, 4.69) is 34.5 Å². The third kappa shape index (κ3) is 5.73. The van der Waals surface area contributed by atoms with Crippen LogP contribution in [0, 0.1) is 0 Å². The maximum Gasteiger partial charge on any atom is 0.220 e. The Kier molecular flexibility index (Phi) is 7.11. The van der Waals surface area contributed by atoms with Gasteiger partial charge in [-0.1, -0.05) is 42.5 Å². The summed E-state index contributed by atoms with van der Waals surface area (Å²) in [6.07, 6.45) is 3.59. The molecule has 5 heteroatoms. The van der Waals surface area contributed by atoms with Crippen molar-refractivity contribution >= 4 is 11.6 Å². The maximum absolute atomic E-state index is 12.3. The number of amides is 1. The Bertz CT molecular complexity index is 715. The summed E-state index contributed by atoms with van der Waals surface area (Å²) >= 11 is 0. The van der Waals surface area contributed by atoms with E-state index >= 15 is 0 Å². The van der Waals surface area contributed by atoms with Crippen LogP contribution in [-0.4, -0.2) is 37.0 Å². The first kappa shape index (κ1) is 19.2. The molecule has 0 bridgehead atoms. The van der Waals surface area contributed by atoms with Gasteiger partial charge in [0.1, 0.15) is 5.75 Å². The summed E-state index contributed by atoms with van der Waals surface area (Å²) in [5.41, 5.74) is 7.74. The van der Waals surface area contributed by atoms with Crippen molar-refractivity contribution in [1.82, 2.24) is 10.2 Å². The van der Waals surface area contributed by atoms with E-state index in [1.54, 1.807) is 0 Å². The van der Waals surface area contributed by atoms with Gasteiger partial charge in [0.25, 0.3) is 0 Å². The number of carbonyl (C=O) groups excluding carboxylic acids is 1. The molecule has 0 aromatic heterocycles. The first-order valence-electron chi connectivity index (χ1n) is 9.77. The number of anilines is 1. The van der Waals surface area contributed by atoms with E-state index < -0.39 is 0 Å². The van der Waals surface area contributed by atoms with E-state index in [0.29, 0.717) is 37.4 Å². The highest BCUT2D eigenvalue weighted by Gasteiger charge is 2.23. The molecule has 2 aromatic rings. The van der Waals surface area contributed by atoms with Gasteiger partial charge in [-0.2, -0.15) is 0 Å². The fourth-order valence-corrected chi connectivity index (χ4v) is 3.51. The lowest BCUT2D eigenvalue weighted by Gasteiger charge is -2.28. The summed E-state index contributed by atoms with van der Waals surface area (Å²) in [6.45, 7) is 3.33. The smallest absolute Gasteiger partial charge is 0.220 e. The third-order valence-electron chi connectivity index (χ3n) is 4.98. The molecular weight excluding hydrogens is 338 g/mol. The zero-order valence-corrected chi connectivity index (χ0v) is 15.8. The number of rotatable bonds is 9.